The minimum absolute atomic E-state index is 0.187. The van der Waals surface area contributed by atoms with E-state index in [0.717, 1.165) is 61.3 Å². The number of methoxy groups -OCH3 is 1. The number of unbranched alkanes of at least 4 members (excludes halogenated alkanes) is 2. The maximum absolute atomic E-state index is 12.9. The molecule has 7 heteroatoms. The van der Waals surface area contributed by atoms with Crippen LogP contribution in [0.25, 0.3) is 0 Å². The van der Waals surface area contributed by atoms with Crippen molar-refractivity contribution in [2.75, 3.05) is 43.3 Å². The molecular formula is C33H40N2O5. The van der Waals surface area contributed by atoms with Crippen LogP contribution in [0.1, 0.15) is 62.6 Å². The lowest BCUT2D eigenvalue weighted by atomic mass is 9.82. The van der Waals surface area contributed by atoms with E-state index in [-0.39, 0.29) is 18.8 Å². The molecule has 0 spiro atoms. The number of hydrogen-bond donors (Lipinski definition) is 1. The Morgan fingerprint density at radius 1 is 0.925 bits per heavy atom. The van der Waals surface area contributed by atoms with Crippen LogP contribution in [-0.2, 0) is 4.79 Å². The topological polar surface area (TPSA) is 71.5 Å². The largest absolute Gasteiger partial charge is 0.497 e. The number of rotatable bonds is 12. The van der Waals surface area contributed by atoms with Crippen molar-refractivity contribution in [3.63, 3.8) is 0 Å². The maximum atomic E-state index is 12.9. The second-order valence-corrected chi connectivity index (χ2v) is 10.7. The van der Waals surface area contributed by atoms with Crippen molar-refractivity contribution in [2.24, 2.45) is 5.92 Å². The Hall–Kier alpha value is -3.87. The summed E-state index contributed by atoms with van der Waals surface area (Å²) in [5, 5.41) is 10.6. The van der Waals surface area contributed by atoms with E-state index in [1.807, 2.05) is 42.5 Å². The van der Waals surface area contributed by atoms with Crippen LogP contribution in [0.5, 0.6) is 17.2 Å². The van der Waals surface area contributed by atoms with Gasteiger partial charge in [-0.15, -0.1) is 0 Å². The van der Waals surface area contributed by atoms with Crippen LogP contribution in [-0.4, -0.2) is 44.6 Å². The van der Waals surface area contributed by atoms with Gasteiger partial charge in [0.1, 0.15) is 5.75 Å². The molecule has 2 aliphatic rings. The van der Waals surface area contributed by atoms with E-state index >= 15 is 0 Å². The van der Waals surface area contributed by atoms with Gasteiger partial charge in [0.05, 0.1) is 19.1 Å². The van der Waals surface area contributed by atoms with Crippen molar-refractivity contribution in [2.45, 2.75) is 51.5 Å². The van der Waals surface area contributed by atoms with Crippen LogP contribution < -0.4 is 24.0 Å². The molecule has 0 amide bonds. The molecule has 3 atom stereocenters. The molecule has 7 nitrogen and oxygen atoms in total. The average Bonchev–Trinajstić information content (AvgIpc) is 3.62. The van der Waals surface area contributed by atoms with Crippen molar-refractivity contribution < 1.29 is 24.1 Å². The number of ether oxygens (including phenoxy) is 3. The standard InChI is InChI=1S/C33H40N2O5/c1-4-6-18-34(19-7-5-2)25-11-13-26(14-12-25)35-21-28(24-10-17-29-30(20-24)40-22-39-29)31(33(36)37)32(35)23-8-15-27(38-3)16-9-23/h8-17,20,28,31-32H,4-7,18-19,21-22H2,1-3H3,(H,36,37)/t28?,31-,32+/m0/s1. The van der Waals surface area contributed by atoms with E-state index in [9.17, 15) is 9.90 Å². The van der Waals surface area contributed by atoms with Crippen LogP contribution >= 0.6 is 0 Å². The first kappa shape index (κ1) is 27.7. The quantitative estimate of drug-likeness (QED) is 0.267. The molecular weight excluding hydrogens is 504 g/mol. The lowest BCUT2D eigenvalue weighted by Crippen LogP contribution is -2.29. The van der Waals surface area contributed by atoms with Gasteiger partial charge in [-0.05, 0) is 72.5 Å². The predicted octanol–water partition coefficient (Wildman–Crippen LogP) is 6.88. The number of hydrogen-bond acceptors (Lipinski definition) is 6. The molecule has 3 aromatic rings. The lowest BCUT2D eigenvalue weighted by Gasteiger charge is -2.30. The summed E-state index contributed by atoms with van der Waals surface area (Å²) in [4.78, 5) is 17.7. The van der Waals surface area contributed by atoms with Crippen LogP contribution in [0, 0.1) is 5.92 Å². The molecule has 1 fully saturated rings. The third-order valence-corrected chi connectivity index (χ3v) is 8.18. The van der Waals surface area contributed by atoms with Crippen molar-refractivity contribution in [3.8, 4) is 17.2 Å². The summed E-state index contributed by atoms with van der Waals surface area (Å²) in [5.74, 6) is 0.417. The van der Waals surface area contributed by atoms with E-state index in [0.29, 0.717) is 18.0 Å². The van der Waals surface area contributed by atoms with Crippen molar-refractivity contribution >= 4 is 17.3 Å². The minimum Gasteiger partial charge on any atom is -0.497 e. The molecule has 3 aromatic carbocycles. The summed E-state index contributed by atoms with van der Waals surface area (Å²) >= 11 is 0. The van der Waals surface area contributed by atoms with Crippen LogP contribution in [0.3, 0.4) is 0 Å². The first-order valence-electron chi connectivity index (χ1n) is 14.4. The van der Waals surface area contributed by atoms with Gasteiger partial charge in [-0.25, -0.2) is 0 Å². The van der Waals surface area contributed by atoms with Gasteiger partial charge in [0.15, 0.2) is 11.5 Å². The Bertz CT molecular complexity index is 1270. The van der Waals surface area contributed by atoms with Crippen LogP contribution in [0.15, 0.2) is 66.7 Å². The van der Waals surface area contributed by atoms with Crippen molar-refractivity contribution in [1.29, 1.82) is 0 Å². The summed E-state index contributed by atoms with van der Waals surface area (Å²) < 4.78 is 16.5. The third kappa shape index (κ3) is 5.69. The van der Waals surface area contributed by atoms with E-state index in [1.54, 1.807) is 7.11 Å². The number of anilines is 2. The van der Waals surface area contributed by atoms with Gasteiger partial charge in [-0.3, -0.25) is 4.79 Å². The van der Waals surface area contributed by atoms with E-state index in [4.69, 9.17) is 14.2 Å². The third-order valence-electron chi connectivity index (χ3n) is 8.18. The summed E-state index contributed by atoms with van der Waals surface area (Å²) in [6.07, 6.45) is 4.65. The Labute approximate surface area is 237 Å². The maximum Gasteiger partial charge on any atom is 0.309 e. The van der Waals surface area contributed by atoms with Gasteiger partial charge in [-0.2, -0.15) is 0 Å². The van der Waals surface area contributed by atoms with Gasteiger partial charge in [-0.1, -0.05) is 44.9 Å². The predicted molar refractivity (Wildman–Crippen MR) is 158 cm³/mol. The molecule has 0 aromatic heterocycles. The van der Waals surface area contributed by atoms with Crippen LogP contribution in [0.2, 0.25) is 0 Å². The van der Waals surface area contributed by atoms with Gasteiger partial charge in [0.2, 0.25) is 6.79 Å². The Kier molecular flexibility index (Phi) is 8.68. The van der Waals surface area contributed by atoms with E-state index < -0.39 is 11.9 Å². The summed E-state index contributed by atoms with van der Waals surface area (Å²) in [6, 6.07) is 21.9. The number of fused-ring (bicyclic) bond motifs is 1. The Balaban J connectivity index is 1.51. The highest BCUT2D eigenvalue weighted by Gasteiger charge is 2.47. The molecule has 0 radical (unpaired) electrons. The zero-order valence-electron chi connectivity index (χ0n) is 23.7. The first-order chi connectivity index (χ1) is 19.5. The SMILES string of the molecule is CCCCN(CCCC)c1ccc(N2CC(c3ccc4c(c3)OCO4)[C@H](C(=O)O)[C@H]2c2ccc(OC)cc2)cc1. The summed E-state index contributed by atoms with van der Waals surface area (Å²) in [6.45, 7) is 7.30. The molecule has 5 rings (SSSR count). The molecule has 1 N–H and O–H groups in total. The summed E-state index contributed by atoms with van der Waals surface area (Å²) in [7, 11) is 1.64. The number of carboxylic acids is 1. The summed E-state index contributed by atoms with van der Waals surface area (Å²) in [5.41, 5.74) is 4.13. The molecule has 0 bridgehead atoms. The van der Waals surface area contributed by atoms with Gasteiger partial charge < -0.3 is 29.1 Å². The lowest BCUT2D eigenvalue weighted by molar-refractivity contribution is -0.142. The average molecular weight is 545 g/mol. The number of benzene rings is 3. The highest BCUT2D eigenvalue weighted by Crippen LogP contribution is 2.49. The second-order valence-electron chi connectivity index (χ2n) is 10.7. The molecule has 0 aliphatic carbocycles. The first-order valence-corrected chi connectivity index (χ1v) is 14.4. The van der Waals surface area contributed by atoms with E-state index in [1.165, 1.54) is 5.69 Å². The fourth-order valence-corrected chi connectivity index (χ4v) is 5.99. The molecule has 40 heavy (non-hydrogen) atoms. The van der Waals surface area contributed by atoms with Gasteiger partial charge in [0.25, 0.3) is 0 Å². The molecule has 1 unspecified atom stereocenters. The number of carboxylic acid groups (broad SMARTS) is 1. The van der Waals surface area contributed by atoms with E-state index in [2.05, 4.69) is 47.9 Å². The number of aliphatic carboxylic acids is 1. The van der Waals surface area contributed by atoms with Crippen molar-refractivity contribution in [1.82, 2.24) is 0 Å². The number of nitrogens with zero attached hydrogens (tertiary/aromatic N) is 2. The molecule has 212 valence electrons. The Morgan fingerprint density at radius 3 is 2.20 bits per heavy atom. The van der Waals surface area contributed by atoms with Gasteiger partial charge >= 0.3 is 5.97 Å². The van der Waals surface area contributed by atoms with Crippen molar-refractivity contribution in [3.05, 3.63) is 77.9 Å². The van der Waals surface area contributed by atoms with Gasteiger partial charge in [0, 0.05) is 36.9 Å². The normalized spacial score (nSPS) is 19.6. The fourth-order valence-electron chi connectivity index (χ4n) is 5.99. The zero-order chi connectivity index (χ0) is 28.1. The number of carbonyl (C=O) groups is 1. The monoisotopic (exact) mass is 544 g/mol. The highest BCUT2D eigenvalue weighted by atomic mass is 16.7. The molecule has 1 saturated heterocycles. The molecule has 2 aliphatic heterocycles. The smallest absolute Gasteiger partial charge is 0.309 e. The second kappa shape index (κ2) is 12.5. The highest BCUT2D eigenvalue weighted by molar-refractivity contribution is 5.76. The Morgan fingerprint density at radius 2 is 1.57 bits per heavy atom. The van der Waals surface area contributed by atoms with Crippen LogP contribution in [0.4, 0.5) is 11.4 Å². The molecule has 2 heterocycles. The molecule has 0 saturated carbocycles. The fraction of sp³-hybridized carbons (Fsp3) is 0.424. The minimum atomic E-state index is -0.812. The zero-order valence-corrected chi connectivity index (χ0v) is 23.7.